The van der Waals surface area contributed by atoms with Crippen molar-refractivity contribution in [2.75, 3.05) is 31.6 Å². The van der Waals surface area contributed by atoms with Gasteiger partial charge in [-0.2, -0.15) is 4.31 Å². The molecule has 134 valence electrons. The topological polar surface area (TPSA) is 75.7 Å². The van der Waals surface area contributed by atoms with Gasteiger partial charge >= 0.3 is 0 Å². The van der Waals surface area contributed by atoms with Crippen LogP contribution < -0.4 is 5.32 Å². The smallest absolute Gasteiger partial charge is 0.267 e. The quantitative estimate of drug-likeness (QED) is 0.872. The molecule has 1 saturated heterocycles. The zero-order chi connectivity index (χ0) is 18.0. The van der Waals surface area contributed by atoms with Crippen LogP contribution in [0.15, 0.2) is 34.5 Å². The molecule has 1 aliphatic heterocycles. The van der Waals surface area contributed by atoms with E-state index in [-0.39, 0.29) is 28.5 Å². The Morgan fingerprint density at radius 2 is 1.88 bits per heavy atom. The van der Waals surface area contributed by atoms with E-state index in [1.165, 1.54) is 21.8 Å². The summed E-state index contributed by atoms with van der Waals surface area (Å²) in [7, 11) is -3.83. The van der Waals surface area contributed by atoms with Crippen LogP contribution in [0.1, 0.15) is 9.67 Å². The van der Waals surface area contributed by atoms with Crippen molar-refractivity contribution in [3.8, 4) is 0 Å². The SMILES string of the molecule is O=C(Nc1ccc(F)c(F)c1)c1sccc1S(=O)(=O)N1CCOCC1. The number of hydrogen-bond donors (Lipinski definition) is 1. The van der Waals surface area contributed by atoms with Crippen LogP contribution in [0.4, 0.5) is 14.5 Å². The highest BCUT2D eigenvalue weighted by atomic mass is 32.2. The van der Waals surface area contributed by atoms with Gasteiger partial charge in [0.25, 0.3) is 5.91 Å². The van der Waals surface area contributed by atoms with Crippen LogP contribution in [0.25, 0.3) is 0 Å². The van der Waals surface area contributed by atoms with Crippen LogP contribution in [-0.4, -0.2) is 44.9 Å². The third kappa shape index (κ3) is 3.71. The van der Waals surface area contributed by atoms with Crippen molar-refractivity contribution in [1.29, 1.82) is 0 Å². The number of carbonyl (C=O) groups excluding carboxylic acids is 1. The maximum atomic E-state index is 13.2. The summed E-state index contributed by atoms with van der Waals surface area (Å²) in [6, 6.07) is 4.26. The zero-order valence-corrected chi connectivity index (χ0v) is 14.5. The van der Waals surface area contributed by atoms with Gasteiger partial charge in [0.15, 0.2) is 11.6 Å². The molecule has 6 nitrogen and oxygen atoms in total. The molecule has 0 saturated carbocycles. The van der Waals surface area contributed by atoms with Crippen LogP contribution in [-0.2, 0) is 14.8 Å². The molecular formula is C15H14F2N2O4S2. The van der Waals surface area contributed by atoms with E-state index in [0.717, 1.165) is 23.5 Å². The average Bonchev–Trinajstić information content (AvgIpc) is 3.10. The fourth-order valence-electron chi connectivity index (χ4n) is 2.35. The predicted octanol–water partition coefficient (Wildman–Crippen LogP) is 2.30. The summed E-state index contributed by atoms with van der Waals surface area (Å²) >= 11 is 0.958. The van der Waals surface area contributed by atoms with E-state index >= 15 is 0 Å². The molecule has 0 spiro atoms. The van der Waals surface area contributed by atoms with Crippen LogP contribution in [0.3, 0.4) is 0 Å². The van der Waals surface area contributed by atoms with Gasteiger partial charge in [-0.3, -0.25) is 4.79 Å². The lowest BCUT2D eigenvalue weighted by Gasteiger charge is -2.26. The Bertz CT molecular complexity index is 893. The second-order valence-electron chi connectivity index (χ2n) is 5.21. The molecule has 1 N–H and O–H groups in total. The van der Waals surface area contributed by atoms with Crippen molar-refractivity contribution in [3.05, 3.63) is 46.2 Å². The molecule has 10 heteroatoms. The Kier molecular flexibility index (Phi) is 5.13. The summed E-state index contributed by atoms with van der Waals surface area (Å²) in [5.74, 6) is -2.84. The molecule has 25 heavy (non-hydrogen) atoms. The first-order chi connectivity index (χ1) is 11.9. The Morgan fingerprint density at radius 1 is 1.16 bits per heavy atom. The number of morpholine rings is 1. The average molecular weight is 388 g/mol. The number of amides is 1. The van der Waals surface area contributed by atoms with Gasteiger partial charge in [-0.15, -0.1) is 11.3 Å². The molecule has 1 fully saturated rings. The minimum absolute atomic E-state index is 0.0174. The van der Waals surface area contributed by atoms with E-state index < -0.39 is 27.6 Å². The fraction of sp³-hybridized carbons (Fsp3) is 0.267. The van der Waals surface area contributed by atoms with Crippen LogP contribution in [0, 0.1) is 11.6 Å². The van der Waals surface area contributed by atoms with Gasteiger partial charge in [-0.05, 0) is 23.6 Å². The monoisotopic (exact) mass is 388 g/mol. The predicted molar refractivity (Wildman–Crippen MR) is 88.2 cm³/mol. The molecule has 2 heterocycles. The second kappa shape index (κ2) is 7.16. The molecule has 0 atom stereocenters. The first kappa shape index (κ1) is 17.9. The Labute approximate surface area is 147 Å². The maximum Gasteiger partial charge on any atom is 0.267 e. The molecule has 1 amide bonds. The van der Waals surface area contributed by atoms with E-state index in [4.69, 9.17) is 4.74 Å². The molecule has 0 bridgehead atoms. The minimum atomic E-state index is -3.83. The van der Waals surface area contributed by atoms with Crippen LogP contribution in [0.5, 0.6) is 0 Å². The van der Waals surface area contributed by atoms with Gasteiger partial charge in [-0.1, -0.05) is 0 Å². The van der Waals surface area contributed by atoms with Crippen molar-refractivity contribution < 1.29 is 26.7 Å². The summed E-state index contributed by atoms with van der Waals surface area (Å²) in [4.78, 5) is 12.3. The summed E-state index contributed by atoms with van der Waals surface area (Å²) < 4.78 is 58.0. The third-order valence-electron chi connectivity index (χ3n) is 3.60. The van der Waals surface area contributed by atoms with Crippen molar-refractivity contribution in [2.24, 2.45) is 0 Å². The molecule has 3 rings (SSSR count). The van der Waals surface area contributed by atoms with E-state index in [2.05, 4.69) is 5.32 Å². The highest BCUT2D eigenvalue weighted by Gasteiger charge is 2.31. The Morgan fingerprint density at radius 3 is 2.56 bits per heavy atom. The number of nitrogens with zero attached hydrogens (tertiary/aromatic N) is 1. The Hall–Kier alpha value is -1.88. The van der Waals surface area contributed by atoms with E-state index in [1.54, 1.807) is 0 Å². The molecule has 0 unspecified atom stereocenters. The summed E-state index contributed by atoms with van der Waals surface area (Å²) in [6.07, 6.45) is 0. The molecule has 2 aromatic rings. The maximum absolute atomic E-state index is 13.2. The number of sulfonamides is 1. The lowest BCUT2D eigenvalue weighted by molar-refractivity contribution is 0.0730. The highest BCUT2D eigenvalue weighted by Crippen LogP contribution is 2.27. The second-order valence-corrected chi connectivity index (χ2v) is 8.04. The van der Waals surface area contributed by atoms with E-state index in [0.29, 0.717) is 13.2 Å². The van der Waals surface area contributed by atoms with Crippen LogP contribution in [0.2, 0.25) is 0 Å². The number of halogens is 2. The number of anilines is 1. The van der Waals surface area contributed by atoms with Crippen molar-refractivity contribution in [1.82, 2.24) is 4.31 Å². The highest BCUT2D eigenvalue weighted by molar-refractivity contribution is 7.89. The standard InChI is InChI=1S/C15H14F2N2O4S2/c16-11-2-1-10(9-12(11)17)18-15(20)14-13(3-8-24-14)25(21,22)19-4-6-23-7-5-19/h1-3,8-9H,4-7H2,(H,18,20). The number of ether oxygens (including phenoxy) is 1. The number of thiophene rings is 1. The zero-order valence-electron chi connectivity index (χ0n) is 12.9. The van der Waals surface area contributed by atoms with Gasteiger partial charge in [0, 0.05) is 24.8 Å². The van der Waals surface area contributed by atoms with E-state index in [1.807, 2.05) is 0 Å². The largest absolute Gasteiger partial charge is 0.379 e. The minimum Gasteiger partial charge on any atom is -0.379 e. The lowest BCUT2D eigenvalue weighted by atomic mass is 10.3. The van der Waals surface area contributed by atoms with Gasteiger partial charge in [-0.25, -0.2) is 17.2 Å². The number of benzene rings is 1. The number of nitrogens with one attached hydrogen (secondary N) is 1. The van der Waals surface area contributed by atoms with Crippen molar-refractivity contribution >= 4 is 33.0 Å². The molecule has 0 aliphatic carbocycles. The van der Waals surface area contributed by atoms with Crippen LogP contribution >= 0.6 is 11.3 Å². The molecule has 1 aliphatic rings. The normalized spacial score (nSPS) is 15.9. The van der Waals surface area contributed by atoms with Crippen molar-refractivity contribution in [2.45, 2.75) is 4.90 Å². The van der Waals surface area contributed by atoms with Gasteiger partial charge in [0.2, 0.25) is 10.0 Å². The summed E-state index contributed by atoms with van der Waals surface area (Å²) in [5.41, 5.74) is 0.0343. The lowest BCUT2D eigenvalue weighted by Crippen LogP contribution is -2.41. The first-order valence-corrected chi connectivity index (χ1v) is 9.63. The van der Waals surface area contributed by atoms with Gasteiger partial charge < -0.3 is 10.1 Å². The summed E-state index contributed by atoms with van der Waals surface area (Å²) in [5, 5.41) is 3.88. The van der Waals surface area contributed by atoms with Gasteiger partial charge in [0.1, 0.15) is 9.77 Å². The number of hydrogen-bond acceptors (Lipinski definition) is 5. The van der Waals surface area contributed by atoms with E-state index in [9.17, 15) is 22.0 Å². The fourth-order valence-corrected chi connectivity index (χ4v) is 5.06. The summed E-state index contributed by atoms with van der Waals surface area (Å²) in [6.45, 7) is 1.00. The number of rotatable bonds is 4. The molecular weight excluding hydrogens is 374 g/mol. The first-order valence-electron chi connectivity index (χ1n) is 7.31. The van der Waals surface area contributed by atoms with Gasteiger partial charge in [0.05, 0.1) is 13.2 Å². The molecule has 0 radical (unpaired) electrons. The molecule has 1 aromatic carbocycles. The number of carbonyl (C=O) groups is 1. The Balaban J connectivity index is 1.85. The third-order valence-corrected chi connectivity index (χ3v) is 6.58. The molecule has 1 aromatic heterocycles. The van der Waals surface area contributed by atoms with Crippen molar-refractivity contribution in [3.63, 3.8) is 0 Å².